The van der Waals surface area contributed by atoms with Gasteiger partial charge in [-0.2, -0.15) is 5.10 Å². The van der Waals surface area contributed by atoms with Crippen molar-refractivity contribution in [2.75, 3.05) is 0 Å². The van der Waals surface area contributed by atoms with Gasteiger partial charge in [-0.05, 0) is 61.0 Å². The first-order valence-electron chi connectivity index (χ1n) is 8.17. The van der Waals surface area contributed by atoms with Crippen LogP contribution in [0.25, 0.3) is 5.69 Å². The van der Waals surface area contributed by atoms with Gasteiger partial charge in [0.25, 0.3) is 5.91 Å². The fourth-order valence-electron chi connectivity index (χ4n) is 2.78. The van der Waals surface area contributed by atoms with Gasteiger partial charge in [-0.15, -0.1) is 0 Å². The fourth-order valence-corrected chi connectivity index (χ4v) is 3.35. The molecule has 0 spiro atoms. The van der Waals surface area contributed by atoms with Crippen LogP contribution in [0.3, 0.4) is 0 Å². The van der Waals surface area contributed by atoms with E-state index in [0.29, 0.717) is 5.56 Å². The van der Waals surface area contributed by atoms with Gasteiger partial charge in [0.05, 0.1) is 6.21 Å². The van der Waals surface area contributed by atoms with Crippen molar-refractivity contribution in [3.05, 3.63) is 81.3 Å². The summed E-state index contributed by atoms with van der Waals surface area (Å²) in [4.78, 5) is 16.0. The molecule has 0 fully saturated rings. The third-order valence-electron chi connectivity index (χ3n) is 4.21. The molecule has 6 heteroatoms. The number of benzene rings is 1. The van der Waals surface area contributed by atoms with Crippen LogP contribution in [0.2, 0.25) is 0 Å². The van der Waals surface area contributed by atoms with Crippen LogP contribution in [-0.2, 0) is 0 Å². The summed E-state index contributed by atoms with van der Waals surface area (Å²) in [5, 5.41) is 4.11. The molecule has 1 N–H and O–H groups in total. The summed E-state index contributed by atoms with van der Waals surface area (Å²) in [6, 6.07) is 11.6. The average molecular weight is 411 g/mol. The number of pyridine rings is 1. The van der Waals surface area contributed by atoms with Gasteiger partial charge in [-0.25, -0.2) is 5.43 Å². The number of nitrogens with one attached hydrogen (secondary N) is 1. The van der Waals surface area contributed by atoms with Crippen LogP contribution < -0.4 is 5.43 Å². The molecule has 0 bridgehead atoms. The highest BCUT2D eigenvalue weighted by Crippen LogP contribution is 2.29. The summed E-state index contributed by atoms with van der Waals surface area (Å²) >= 11 is 3.64. The maximum absolute atomic E-state index is 12.1. The first-order valence-corrected chi connectivity index (χ1v) is 8.96. The van der Waals surface area contributed by atoms with Crippen LogP contribution in [0.1, 0.15) is 32.9 Å². The smallest absolute Gasteiger partial charge is 0.271 e. The van der Waals surface area contributed by atoms with E-state index in [0.717, 1.165) is 27.1 Å². The fraction of sp³-hybridized carbons (Fsp3) is 0.150. The molecule has 0 saturated heterocycles. The number of hydrogen-bond acceptors (Lipinski definition) is 3. The molecule has 2 heterocycles. The van der Waals surface area contributed by atoms with Crippen LogP contribution in [-0.4, -0.2) is 21.7 Å². The Hall–Kier alpha value is -2.73. The molecule has 0 unspecified atom stereocenters. The maximum atomic E-state index is 12.1. The number of carbonyl (C=O) groups is 1. The van der Waals surface area contributed by atoms with Crippen LogP contribution in [0, 0.1) is 20.8 Å². The van der Waals surface area contributed by atoms with E-state index >= 15 is 0 Å². The maximum Gasteiger partial charge on any atom is 0.271 e. The number of halogens is 1. The Morgan fingerprint density at radius 3 is 2.38 bits per heavy atom. The largest absolute Gasteiger partial charge is 0.317 e. The molecule has 0 atom stereocenters. The van der Waals surface area contributed by atoms with Gasteiger partial charge in [0.1, 0.15) is 0 Å². The van der Waals surface area contributed by atoms with Gasteiger partial charge < -0.3 is 4.57 Å². The minimum atomic E-state index is -0.271. The quantitative estimate of drug-likeness (QED) is 0.514. The Balaban J connectivity index is 1.86. The van der Waals surface area contributed by atoms with Crippen molar-refractivity contribution in [1.82, 2.24) is 15.0 Å². The Labute approximate surface area is 160 Å². The minimum Gasteiger partial charge on any atom is -0.317 e. The Morgan fingerprint density at radius 1 is 1.08 bits per heavy atom. The molecule has 1 amide bonds. The highest BCUT2D eigenvalue weighted by Gasteiger charge is 2.15. The molecule has 0 aliphatic carbocycles. The lowest BCUT2D eigenvalue weighted by molar-refractivity contribution is 0.0955. The lowest BCUT2D eigenvalue weighted by Crippen LogP contribution is -2.17. The first-order chi connectivity index (χ1) is 12.5. The normalized spacial score (nSPS) is 11.1. The van der Waals surface area contributed by atoms with E-state index in [1.807, 2.05) is 13.8 Å². The van der Waals surface area contributed by atoms with Crippen LogP contribution in [0.5, 0.6) is 0 Å². The van der Waals surface area contributed by atoms with E-state index in [-0.39, 0.29) is 5.91 Å². The molecule has 0 radical (unpaired) electrons. The van der Waals surface area contributed by atoms with Crippen molar-refractivity contribution in [3.8, 4) is 5.69 Å². The van der Waals surface area contributed by atoms with Gasteiger partial charge in [-0.3, -0.25) is 9.78 Å². The second kappa shape index (κ2) is 7.66. The summed E-state index contributed by atoms with van der Waals surface area (Å²) in [6.45, 7) is 6.14. The van der Waals surface area contributed by atoms with Crippen molar-refractivity contribution in [3.63, 3.8) is 0 Å². The number of rotatable bonds is 4. The Bertz CT molecular complexity index is 960. The number of nitrogens with zero attached hydrogens (tertiary/aromatic N) is 3. The molecule has 3 rings (SSSR count). The van der Waals surface area contributed by atoms with Crippen molar-refractivity contribution < 1.29 is 4.79 Å². The first kappa shape index (κ1) is 18.1. The molecule has 26 heavy (non-hydrogen) atoms. The van der Waals surface area contributed by atoms with E-state index in [1.54, 1.807) is 30.7 Å². The highest BCUT2D eigenvalue weighted by molar-refractivity contribution is 9.10. The zero-order valence-corrected chi connectivity index (χ0v) is 16.4. The zero-order chi connectivity index (χ0) is 18.7. The van der Waals surface area contributed by atoms with Crippen LogP contribution in [0.15, 0.2) is 58.4 Å². The molecule has 5 nitrogen and oxygen atoms in total. The van der Waals surface area contributed by atoms with Gasteiger partial charge in [0, 0.05) is 45.1 Å². The lowest BCUT2D eigenvalue weighted by atomic mass is 10.2. The SMILES string of the molecule is Cc1ccc(-n2c(C)c(Br)c(/C=N\NC(=O)c3ccncc3)c2C)cc1. The third kappa shape index (κ3) is 3.60. The van der Waals surface area contributed by atoms with Crippen LogP contribution >= 0.6 is 15.9 Å². The number of aromatic nitrogens is 2. The second-order valence-electron chi connectivity index (χ2n) is 6.00. The topological polar surface area (TPSA) is 59.3 Å². The van der Waals surface area contributed by atoms with Gasteiger partial charge in [0.15, 0.2) is 0 Å². The molecule has 0 saturated carbocycles. The monoisotopic (exact) mass is 410 g/mol. The zero-order valence-electron chi connectivity index (χ0n) is 14.8. The summed E-state index contributed by atoms with van der Waals surface area (Å²) < 4.78 is 3.12. The molecular formula is C20H19BrN4O. The van der Waals surface area contributed by atoms with E-state index in [9.17, 15) is 4.79 Å². The lowest BCUT2D eigenvalue weighted by Gasteiger charge is -2.09. The number of amides is 1. The number of hydrazone groups is 1. The van der Waals surface area contributed by atoms with Gasteiger partial charge in [0.2, 0.25) is 0 Å². The van der Waals surface area contributed by atoms with Gasteiger partial charge in [-0.1, -0.05) is 17.7 Å². The molecular weight excluding hydrogens is 392 g/mol. The summed E-state index contributed by atoms with van der Waals surface area (Å²) in [5.41, 5.74) is 8.42. The summed E-state index contributed by atoms with van der Waals surface area (Å²) in [7, 11) is 0. The molecule has 0 aliphatic rings. The van der Waals surface area contributed by atoms with E-state index in [4.69, 9.17) is 0 Å². The van der Waals surface area contributed by atoms with Crippen molar-refractivity contribution in [2.45, 2.75) is 20.8 Å². The summed E-state index contributed by atoms with van der Waals surface area (Å²) in [5.74, 6) is -0.271. The number of aryl methyl sites for hydroxylation is 1. The second-order valence-corrected chi connectivity index (χ2v) is 6.80. The van der Waals surface area contributed by atoms with Gasteiger partial charge >= 0.3 is 0 Å². The molecule has 0 aliphatic heterocycles. The predicted molar refractivity (Wildman–Crippen MR) is 107 cm³/mol. The summed E-state index contributed by atoms with van der Waals surface area (Å²) in [6.07, 6.45) is 4.81. The van der Waals surface area contributed by atoms with Crippen LogP contribution in [0.4, 0.5) is 0 Å². The molecule has 2 aromatic heterocycles. The Morgan fingerprint density at radius 2 is 1.73 bits per heavy atom. The average Bonchev–Trinajstić information content (AvgIpc) is 2.86. The predicted octanol–water partition coefficient (Wildman–Crippen LogP) is 4.32. The molecule has 1 aromatic carbocycles. The third-order valence-corrected chi connectivity index (χ3v) is 5.21. The van der Waals surface area contributed by atoms with Crippen molar-refractivity contribution in [1.29, 1.82) is 0 Å². The standard InChI is InChI=1S/C20H19BrN4O/c1-13-4-6-17(7-5-13)25-14(2)18(19(21)15(25)3)12-23-24-20(26)16-8-10-22-11-9-16/h4-12H,1-3H3,(H,24,26)/b23-12-. The Kier molecular flexibility index (Phi) is 5.32. The van der Waals surface area contributed by atoms with E-state index in [1.165, 1.54) is 5.56 Å². The number of hydrogen-bond donors (Lipinski definition) is 1. The van der Waals surface area contributed by atoms with E-state index in [2.05, 4.69) is 67.2 Å². The van der Waals surface area contributed by atoms with Crippen molar-refractivity contribution in [2.24, 2.45) is 5.10 Å². The van der Waals surface area contributed by atoms with E-state index < -0.39 is 0 Å². The highest BCUT2D eigenvalue weighted by atomic mass is 79.9. The number of carbonyl (C=O) groups excluding carboxylic acids is 1. The molecule has 132 valence electrons. The minimum absolute atomic E-state index is 0.271. The molecule has 3 aromatic rings. The van der Waals surface area contributed by atoms with Crippen molar-refractivity contribution >= 4 is 28.1 Å².